The van der Waals surface area contributed by atoms with E-state index in [1.807, 2.05) is 54.6 Å². The summed E-state index contributed by atoms with van der Waals surface area (Å²) in [5.41, 5.74) is 2.45. The van der Waals surface area contributed by atoms with Gasteiger partial charge in [-0.05, 0) is 36.1 Å². The Morgan fingerprint density at radius 2 is 1.66 bits per heavy atom. The van der Waals surface area contributed by atoms with Gasteiger partial charge in [-0.2, -0.15) is 5.10 Å². The number of amides is 5. The van der Waals surface area contributed by atoms with Crippen molar-refractivity contribution >= 4 is 29.5 Å². The summed E-state index contributed by atoms with van der Waals surface area (Å²) in [6.45, 7) is -0.537. The maximum absolute atomic E-state index is 13.4. The normalized spacial score (nSPS) is 20.7. The quantitative estimate of drug-likeness (QED) is 0.473. The molecule has 2 aromatic rings. The molecule has 2 aromatic carbocycles. The topological polar surface area (TPSA) is 99.6 Å². The van der Waals surface area contributed by atoms with E-state index in [4.69, 9.17) is 4.74 Å². The van der Waals surface area contributed by atoms with Gasteiger partial charge in [-0.15, -0.1) is 0 Å². The molecule has 180 valence electrons. The number of nitrogens with zero attached hydrogens (tertiary/aromatic N) is 4. The number of methoxy groups -OCH3 is 1. The van der Waals surface area contributed by atoms with E-state index in [0.29, 0.717) is 25.0 Å². The SMILES string of the molecule is COc1ccc([C@H]2CC(c3ccccc3)=NN2C(=O)CN2C(=O)C(=O)N(C3CCCC3)C2=O)cc1. The fraction of sp³-hybridized carbons (Fsp3) is 0.346. The molecule has 0 aromatic heterocycles. The minimum absolute atomic E-state index is 0.277. The maximum Gasteiger partial charge on any atom is 0.334 e. The second-order valence-corrected chi connectivity index (χ2v) is 8.93. The molecule has 2 heterocycles. The van der Waals surface area contributed by atoms with Crippen LogP contribution >= 0.6 is 0 Å². The summed E-state index contributed by atoms with van der Waals surface area (Å²) in [6.07, 6.45) is 3.65. The summed E-state index contributed by atoms with van der Waals surface area (Å²) >= 11 is 0. The number of carbonyl (C=O) groups excluding carboxylic acids is 4. The summed E-state index contributed by atoms with van der Waals surface area (Å²) < 4.78 is 5.24. The Bertz CT molecular complexity index is 1190. The lowest BCUT2D eigenvalue weighted by atomic mass is 9.98. The van der Waals surface area contributed by atoms with Gasteiger partial charge in [0.05, 0.1) is 18.9 Å². The van der Waals surface area contributed by atoms with Crippen LogP contribution in [0.4, 0.5) is 4.79 Å². The van der Waals surface area contributed by atoms with Crippen molar-refractivity contribution in [1.29, 1.82) is 0 Å². The van der Waals surface area contributed by atoms with Gasteiger partial charge in [0, 0.05) is 12.5 Å². The third-order valence-electron chi connectivity index (χ3n) is 6.84. The Kier molecular flexibility index (Phi) is 6.07. The summed E-state index contributed by atoms with van der Waals surface area (Å²) in [6, 6.07) is 15.5. The van der Waals surface area contributed by atoms with Crippen LogP contribution < -0.4 is 4.74 Å². The molecular formula is C26H26N4O5. The highest BCUT2D eigenvalue weighted by Gasteiger charge is 2.49. The second kappa shape index (κ2) is 9.32. The molecule has 1 saturated heterocycles. The molecule has 0 spiro atoms. The molecule has 5 amide bonds. The number of carbonyl (C=O) groups is 4. The highest BCUT2D eigenvalue weighted by Crippen LogP contribution is 2.34. The predicted octanol–water partition coefficient (Wildman–Crippen LogP) is 3.11. The van der Waals surface area contributed by atoms with Crippen LogP contribution in [0, 0.1) is 0 Å². The van der Waals surface area contributed by atoms with Crippen LogP contribution in [-0.2, 0) is 14.4 Å². The molecule has 0 bridgehead atoms. The maximum atomic E-state index is 13.4. The average Bonchev–Trinajstić information content (AvgIpc) is 3.62. The molecule has 35 heavy (non-hydrogen) atoms. The zero-order valence-corrected chi connectivity index (χ0v) is 19.4. The molecule has 9 heteroatoms. The van der Waals surface area contributed by atoms with E-state index in [2.05, 4.69) is 5.10 Å². The van der Waals surface area contributed by atoms with E-state index in [1.54, 1.807) is 7.11 Å². The lowest BCUT2D eigenvalue weighted by Crippen LogP contribution is -2.43. The Balaban J connectivity index is 1.41. The molecule has 9 nitrogen and oxygen atoms in total. The molecule has 1 saturated carbocycles. The van der Waals surface area contributed by atoms with Crippen LogP contribution in [0.25, 0.3) is 0 Å². The van der Waals surface area contributed by atoms with Gasteiger partial charge in [-0.1, -0.05) is 55.3 Å². The van der Waals surface area contributed by atoms with Gasteiger partial charge in [0.2, 0.25) is 0 Å². The van der Waals surface area contributed by atoms with Crippen molar-refractivity contribution in [1.82, 2.24) is 14.8 Å². The molecule has 3 aliphatic rings. The second-order valence-electron chi connectivity index (χ2n) is 8.93. The van der Waals surface area contributed by atoms with Crippen molar-refractivity contribution in [2.75, 3.05) is 13.7 Å². The Morgan fingerprint density at radius 1 is 0.971 bits per heavy atom. The zero-order valence-electron chi connectivity index (χ0n) is 19.4. The van der Waals surface area contributed by atoms with Gasteiger partial charge in [-0.25, -0.2) is 14.7 Å². The summed E-state index contributed by atoms with van der Waals surface area (Å²) in [7, 11) is 1.58. The van der Waals surface area contributed by atoms with Crippen molar-refractivity contribution in [3.63, 3.8) is 0 Å². The van der Waals surface area contributed by atoms with E-state index >= 15 is 0 Å². The zero-order chi connectivity index (χ0) is 24.5. The van der Waals surface area contributed by atoms with Crippen molar-refractivity contribution in [3.05, 3.63) is 65.7 Å². The van der Waals surface area contributed by atoms with Gasteiger partial charge in [-0.3, -0.25) is 19.3 Å². The first-order valence-corrected chi connectivity index (χ1v) is 11.8. The molecule has 0 unspecified atom stereocenters. The van der Waals surface area contributed by atoms with Crippen molar-refractivity contribution < 1.29 is 23.9 Å². The first-order chi connectivity index (χ1) is 17.0. The largest absolute Gasteiger partial charge is 0.497 e. The molecule has 2 aliphatic heterocycles. The number of hydrogen-bond acceptors (Lipinski definition) is 6. The average molecular weight is 475 g/mol. The molecular weight excluding hydrogens is 448 g/mol. The third-order valence-corrected chi connectivity index (χ3v) is 6.84. The van der Waals surface area contributed by atoms with Crippen molar-refractivity contribution in [2.24, 2.45) is 5.10 Å². The molecule has 1 atom stereocenters. The van der Waals surface area contributed by atoms with Gasteiger partial charge in [0.15, 0.2) is 0 Å². The van der Waals surface area contributed by atoms with Gasteiger partial charge < -0.3 is 4.74 Å². The molecule has 2 fully saturated rings. The number of rotatable bonds is 6. The van der Waals surface area contributed by atoms with E-state index in [1.165, 1.54) is 5.01 Å². The number of imide groups is 2. The Morgan fingerprint density at radius 3 is 2.31 bits per heavy atom. The predicted molar refractivity (Wildman–Crippen MR) is 126 cm³/mol. The molecule has 0 N–H and O–H groups in total. The third kappa shape index (κ3) is 4.18. The number of hydrogen-bond donors (Lipinski definition) is 0. The molecule has 1 aliphatic carbocycles. The van der Waals surface area contributed by atoms with E-state index in [-0.39, 0.29) is 6.04 Å². The highest BCUT2D eigenvalue weighted by atomic mass is 16.5. The van der Waals surface area contributed by atoms with Crippen LogP contribution in [0.15, 0.2) is 59.7 Å². The Hall–Kier alpha value is -4.01. The van der Waals surface area contributed by atoms with Crippen LogP contribution in [0.5, 0.6) is 5.75 Å². The first-order valence-electron chi connectivity index (χ1n) is 11.8. The van der Waals surface area contributed by atoms with Crippen LogP contribution in [0.1, 0.15) is 49.3 Å². The van der Waals surface area contributed by atoms with E-state index in [9.17, 15) is 19.2 Å². The summed E-state index contributed by atoms with van der Waals surface area (Å²) in [4.78, 5) is 53.4. The standard InChI is InChI=1S/C26H26N4O5/c1-35-20-13-11-18(12-14-20)22-15-21(17-7-3-2-4-8-17)27-30(22)23(31)16-28-24(32)25(33)29(26(28)34)19-9-5-6-10-19/h2-4,7-8,11-14,19,22H,5-6,9-10,15-16H2,1H3/t22-/m1/s1. The lowest BCUT2D eigenvalue weighted by Gasteiger charge is -2.24. The minimum atomic E-state index is -0.956. The fourth-order valence-electron chi connectivity index (χ4n) is 4.98. The lowest BCUT2D eigenvalue weighted by molar-refractivity contribution is -0.145. The summed E-state index contributed by atoms with van der Waals surface area (Å²) in [5.74, 6) is -1.65. The van der Waals surface area contributed by atoms with Crippen LogP contribution in [0.2, 0.25) is 0 Å². The van der Waals surface area contributed by atoms with Crippen LogP contribution in [-0.4, -0.2) is 64.0 Å². The highest BCUT2D eigenvalue weighted by molar-refractivity contribution is 6.45. The first kappa shape index (κ1) is 22.8. The van der Waals surface area contributed by atoms with Gasteiger partial charge in [0.1, 0.15) is 12.3 Å². The summed E-state index contributed by atoms with van der Waals surface area (Å²) in [5, 5.41) is 5.91. The smallest absolute Gasteiger partial charge is 0.334 e. The fourth-order valence-corrected chi connectivity index (χ4v) is 4.98. The Labute approximate surface area is 202 Å². The molecule has 5 rings (SSSR count). The number of hydrazone groups is 1. The van der Waals surface area contributed by atoms with Crippen molar-refractivity contribution in [2.45, 2.75) is 44.2 Å². The van der Waals surface area contributed by atoms with E-state index in [0.717, 1.165) is 39.5 Å². The van der Waals surface area contributed by atoms with Crippen LogP contribution in [0.3, 0.4) is 0 Å². The monoisotopic (exact) mass is 474 g/mol. The van der Waals surface area contributed by atoms with Gasteiger partial charge in [0.25, 0.3) is 5.91 Å². The number of ether oxygens (including phenoxy) is 1. The molecule has 0 radical (unpaired) electrons. The minimum Gasteiger partial charge on any atom is -0.497 e. The number of benzene rings is 2. The van der Waals surface area contributed by atoms with Crippen molar-refractivity contribution in [3.8, 4) is 5.75 Å². The van der Waals surface area contributed by atoms with E-state index < -0.39 is 36.3 Å². The number of urea groups is 1. The van der Waals surface area contributed by atoms with Gasteiger partial charge >= 0.3 is 17.8 Å².